The molecule has 0 radical (unpaired) electrons. The Labute approximate surface area is 113 Å². The summed E-state index contributed by atoms with van der Waals surface area (Å²) >= 11 is 0. The van der Waals surface area contributed by atoms with Crippen molar-refractivity contribution in [3.05, 3.63) is 54.1 Å². The molecule has 0 heterocycles. The molecule has 0 fully saturated rings. The fourth-order valence-electron chi connectivity index (χ4n) is 1.75. The maximum atomic E-state index is 5.56. The third-order valence-corrected chi connectivity index (χ3v) is 2.65. The van der Waals surface area contributed by atoms with E-state index in [-0.39, 0.29) is 0 Å². The zero-order valence-electron chi connectivity index (χ0n) is 11.2. The van der Waals surface area contributed by atoms with Gasteiger partial charge in [0, 0.05) is 11.8 Å². The van der Waals surface area contributed by atoms with Gasteiger partial charge >= 0.3 is 0 Å². The number of hydrogen-bond donors (Lipinski definition) is 0. The molecule has 0 aliphatic rings. The Bertz CT molecular complexity index is 564. The van der Waals surface area contributed by atoms with E-state index in [1.54, 1.807) is 13.3 Å². The van der Waals surface area contributed by atoms with Crippen LogP contribution in [-0.4, -0.2) is 19.9 Å². The summed E-state index contributed by atoms with van der Waals surface area (Å²) < 4.78 is 10.8. The number of nitrogens with zero attached hydrogens (tertiary/aromatic N) is 1. The molecule has 0 spiro atoms. The summed E-state index contributed by atoms with van der Waals surface area (Å²) in [5.74, 6) is 1.59. The zero-order valence-corrected chi connectivity index (χ0v) is 11.2. The molecular weight excluding hydrogens is 238 g/mol. The normalized spacial score (nSPS) is 10.6. The molecule has 0 saturated heterocycles. The van der Waals surface area contributed by atoms with E-state index in [4.69, 9.17) is 9.47 Å². The van der Waals surface area contributed by atoms with Crippen LogP contribution in [0.2, 0.25) is 0 Å². The summed E-state index contributed by atoms with van der Waals surface area (Å²) in [7, 11) is 1.64. The van der Waals surface area contributed by atoms with Gasteiger partial charge in [0.1, 0.15) is 17.2 Å². The van der Waals surface area contributed by atoms with Gasteiger partial charge in [-0.25, -0.2) is 0 Å². The Morgan fingerprint density at radius 1 is 1.00 bits per heavy atom. The van der Waals surface area contributed by atoms with Crippen molar-refractivity contribution in [3.63, 3.8) is 0 Å². The first-order valence-electron chi connectivity index (χ1n) is 6.24. The maximum Gasteiger partial charge on any atom is 0.144 e. The van der Waals surface area contributed by atoms with Crippen molar-refractivity contribution >= 4 is 11.9 Å². The van der Waals surface area contributed by atoms with Crippen molar-refractivity contribution in [2.75, 3.05) is 13.7 Å². The smallest absolute Gasteiger partial charge is 0.144 e. The molecule has 0 aromatic heterocycles. The van der Waals surface area contributed by atoms with E-state index in [1.807, 2.05) is 55.5 Å². The highest BCUT2D eigenvalue weighted by molar-refractivity contribution is 5.86. The summed E-state index contributed by atoms with van der Waals surface area (Å²) in [5, 5.41) is 0. The van der Waals surface area contributed by atoms with Crippen molar-refractivity contribution in [1.82, 2.24) is 0 Å². The van der Waals surface area contributed by atoms with Crippen LogP contribution in [0.1, 0.15) is 12.5 Å². The highest BCUT2D eigenvalue weighted by Crippen LogP contribution is 2.26. The average molecular weight is 255 g/mol. The first kappa shape index (κ1) is 13.1. The number of aliphatic imine (C=N–C) groups is 1. The largest absolute Gasteiger partial charge is 0.494 e. The van der Waals surface area contributed by atoms with Crippen LogP contribution in [0.5, 0.6) is 11.5 Å². The molecule has 19 heavy (non-hydrogen) atoms. The molecule has 2 aromatic rings. The van der Waals surface area contributed by atoms with Crippen molar-refractivity contribution in [1.29, 1.82) is 0 Å². The maximum absolute atomic E-state index is 5.56. The van der Waals surface area contributed by atoms with Crippen LogP contribution in [0.25, 0.3) is 0 Å². The standard InChI is InChI=1S/C16H17NO2/c1-3-19-15-10-6-4-8-13(15)12-17-14-9-5-7-11-16(14)18-2/h4-12H,3H2,1-2H3. The highest BCUT2D eigenvalue weighted by atomic mass is 16.5. The number of rotatable bonds is 5. The van der Waals surface area contributed by atoms with Gasteiger partial charge in [-0.2, -0.15) is 0 Å². The molecule has 0 atom stereocenters. The molecule has 3 nitrogen and oxygen atoms in total. The van der Waals surface area contributed by atoms with Crippen LogP contribution < -0.4 is 9.47 Å². The number of benzene rings is 2. The molecule has 2 rings (SSSR count). The molecule has 2 aromatic carbocycles. The van der Waals surface area contributed by atoms with Gasteiger partial charge in [0.15, 0.2) is 0 Å². The molecule has 98 valence electrons. The lowest BCUT2D eigenvalue weighted by Crippen LogP contribution is -1.95. The second-order valence-electron chi connectivity index (χ2n) is 3.90. The van der Waals surface area contributed by atoms with Gasteiger partial charge in [-0.1, -0.05) is 24.3 Å². The Balaban J connectivity index is 2.27. The first-order chi connectivity index (χ1) is 9.35. The minimum atomic E-state index is 0.638. The molecule has 3 heteroatoms. The average Bonchev–Trinajstić information content (AvgIpc) is 2.47. The van der Waals surface area contributed by atoms with Gasteiger partial charge in [-0.3, -0.25) is 4.99 Å². The van der Waals surface area contributed by atoms with Gasteiger partial charge in [-0.05, 0) is 31.2 Å². The third-order valence-electron chi connectivity index (χ3n) is 2.65. The van der Waals surface area contributed by atoms with E-state index in [9.17, 15) is 0 Å². The van der Waals surface area contributed by atoms with E-state index in [0.29, 0.717) is 6.61 Å². The summed E-state index contributed by atoms with van der Waals surface area (Å²) in [4.78, 5) is 4.46. The zero-order chi connectivity index (χ0) is 13.5. The second kappa shape index (κ2) is 6.59. The fraction of sp³-hybridized carbons (Fsp3) is 0.188. The van der Waals surface area contributed by atoms with E-state index in [1.165, 1.54) is 0 Å². The molecule has 0 unspecified atom stereocenters. The van der Waals surface area contributed by atoms with Crippen LogP contribution >= 0.6 is 0 Å². The van der Waals surface area contributed by atoms with E-state index < -0.39 is 0 Å². The molecule has 0 aliphatic heterocycles. The molecule has 0 N–H and O–H groups in total. The van der Waals surface area contributed by atoms with Crippen molar-refractivity contribution in [2.45, 2.75) is 6.92 Å². The number of ether oxygens (including phenoxy) is 2. The van der Waals surface area contributed by atoms with Gasteiger partial charge < -0.3 is 9.47 Å². The quantitative estimate of drug-likeness (QED) is 0.760. The third kappa shape index (κ3) is 3.35. The van der Waals surface area contributed by atoms with Crippen LogP contribution in [0, 0.1) is 0 Å². The van der Waals surface area contributed by atoms with Crippen LogP contribution in [0.3, 0.4) is 0 Å². The topological polar surface area (TPSA) is 30.8 Å². The summed E-state index contributed by atoms with van der Waals surface area (Å²) in [5.41, 5.74) is 1.76. The highest BCUT2D eigenvalue weighted by Gasteiger charge is 2.01. The Hall–Kier alpha value is -2.29. The molecule has 0 amide bonds. The van der Waals surface area contributed by atoms with Gasteiger partial charge in [0.2, 0.25) is 0 Å². The van der Waals surface area contributed by atoms with Gasteiger partial charge in [-0.15, -0.1) is 0 Å². The van der Waals surface area contributed by atoms with Gasteiger partial charge in [0.25, 0.3) is 0 Å². The second-order valence-corrected chi connectivity index (χ2v) is 3.90. The van der Waals surface area contributed by atoms with Crippen molar-refractivity contribution < 1.29 is 9.47 Å². The predicted octanol–water partition coefficient (Wildman–Crippen LogP) is 3.84. The fourth-order valence-corrected chi connectivity index (χ4v) is 1.75. The minimum Gasteiger partial charge on any atom is -0.494 e. The number of hydrogen-bond acceptors (Lipinski definition) is 3. The van der Waals surface area contributed by atoms with Crippen LogP contribution in [0.15, 0.2) is 53.5 Å². The summed E-state index contributed by atoms with van der Waals surface area (Å²) in [6.07, 6.45) is 1.79. The lowest BCUT2D eigenvalue weighted by molar-refractivity contribution is 0.340. The van der Waals surface area contributed by atoms with Gasteiger partial charge in [0.05, 0.1) is 13.7 Å². The lowest BCUT2D eigenvalue weighted by atomic mass is 10.2. The predicted molar refractivity (Wildman–Crippen MR) is 77.9 cm³/mol. The van der Waals surface area contributed by atoms with E-state index >= 15 is 0 Å². The van der Waals surface area contributed by atoms with Crippen LogP contribution in [0.4, 0.5) is 5.69 Å². The minimum absolute atomic E-state index is 0.638. The Morgan fingerprint density at radius 3 is 2.42 bits per heavy atom. The number of para-hydroxylation sites is 3. The van der Waals surface area contributed by atoms with E-state index in [2.05, 4.69) is 4.99 Å². The molecule has 0 saturated carbocycles. The first-order valence-corrected chi connectivity index (χ1v) is 6.24. The van der Waals surface area contributed by atoms with Crippen molar-refractivity contribution in [2.24, 2.45) is 4.99 Å². The number of methoxy groups -OCH3 is 1. The summed E-state index contributed by atoms with van der Waals surface area (Å²) in [6.45, 7) is 2.60. The molecule has 0 aliphatic carbocycles. The Morgan fingerprint density at radius 2 is 1.68 bits per heavy atom. The lowest BCUT2D eigenvalue weighted by Gasteiger charge is -2.06. The monoisotopic (exact) mass is 255 g/mol. The molecular formula is C16H17NO2. The van der Waals surface area contributed by atoms with Crippen molar-refractivity contribution in [3.8, 4) is 11.5 Å². The van der Waals surface area contributed by atoms with E-state index in [0.717, 1.165) is 22.7 Å². The Kier molecular flexibility index (Phi) is 4.56. The molecule has 0 bridgehead atoms. The van der Waals surface area contributed by atoms with Crippen LogP contribution in [-0.2, 0) is 0 Å². The summed E-state index contributed by atoms with van der Waals surface area (Å²) in [6, 6.07) is 15.5. The SMILES string of the molecule is CCOc1ccccc1C=Nc1ccccc1OC.